The fourth-order valence-electron chi connectivity index (χ4n) is 4.19. The largest absolute Gasteiger partial charge is 0.504 e. The molecule has 182 valence electrons. The van der Waals surface area contributed by atoms with Gasteiger partial charge in [-0.15, -0.1) is 0 Å². The lowest BCUT2D eigenvalue weighted by Crippen LogP contribution is -2.31. The number of amides is 1. The maximum Gasteiger partial charge on any atom is 0.294 e. The quantitative estimate of drug-likeness (QED) is 0.325. The number of phenolic OH excluding ortho intramolecular Hbond substituents is 1. The van der Waals surface area contributed by atoms with Gasteiger partial charge >= 0.3 is 0 Å². The Labute approximate surface area is 207 Å². The average Bonchev–Trinajstić information content (AvgIpc) is 3.39. The molecule has 1 unspecified atom stereocenters. The van der Waals surface area contributed by atoms with Gasteiger partial charge in [-0.3, -0.25) is 14.5 Å². The highest BCUT2D eigenvalue weighted by atomic mass is 35.5. The van der Waals surface area contributed by atoms with Crippen molar-refractivity contribution in [3.63, 3.8) is 0 Å². The molecule has 0 fully saturated rings. The second-order valence-corrected chi connectivity index (χ2v) is 8.43. The number of halogens is 3. The van der Waals surface area contributed by atoms with Gasteiger partial charge in [-0.1, -0.05) is 17.7 Å². The predicted octanol–water partition coefficient (Wildman–Crippen LogP) is 5.86. The minimum absolute atomic E-state index is 0.120. The Morgan fingerprint density at radius 1 is 1.03 bits per heavy atom. The number of rotatable bonds is 5. The number of ether oxygens (including phenoxy) is 1. The maximum absolute atomic E-state index is 14.1. The van der Waals surface area contributed by atoms with Crippen LogP contribution in [0.3, 0.4) is 0 Å². The molecule has 0 bridgehead atoms. The normalized spacial score (nSPS) is 15.7. The predicted molar refractivity (Wildman–Crippen MR) is 126 cm³/mol. The van der Waals surface area contributed by atoms with Gasteiger partial charge in [0.2, 0.25) is 5.78 Å². The van der Waals surface area contributed by atoms with E-state index in [1.54, 1.807) is 18.2 Å². The van der Waals surface area contributed by atoms with Crippen molar-refractivity contribution in [2.24, 2.45) is 0 Å². The number of ketones is 1. The van der Waals surface area contributed by atoms with Crippen molar-refractivity contribution in [3.8, 4) is 11.5 Å². The van der Waals surface area contributed by atoms with Gasteiger partial charge in [0.1, 0.15) is 5.58 Å². The highest BCUT2D eigenvalue weighted by Gasteiger charge is 2.45. The average molecular weight is 512 g/mol. The molecule has 0 saturated carbocycles. The van der Waals surface area contributed by atoms with Crippen molar-refractivity contribution >= 4 is 39.9 Å². The van der Waals surface area contributed by atoms with E-state index in [1.165, 1.54) is 31.4 Å². The number of hydrogen-bond donors (Lipinski definition) is 2. The van der Waals surface area contributed by atoms with E-state index >= 15 is 0 Å². The van der Waals surface area contributed by atoms with E-state index in [0.29, 0.717) is 16.0 Å². The van der Waals surface area contributed by atoms with Crippen molar-refractivity contribution < 1.29 is 37.7 Å². The highest BCUT2D eigenvalue weighted by Crippen LogP contribution is 2.44. The van der Waals surface area contributed by atoms with E-state index < -0.39 is 35.1 Å². The molecule has 0 radical (unpaired) electrons. The Kier molecular flexibility index (Phi) is 5.64. The fraction of sp³-hybridized carbons (Fsp3) is 0.0769. The minimum atomic E-state index is -1.32. The van der Waals surface area contributed by atoms with Gasteiger partial charge < -0.3 is 19.4 Å². The number of hydrogen-bond acceptors (Lipinski definition) is 6. The molecule has 1 amide bonds. The number of Topliss-reactive ketones (excluding diaryl/α,β-unsaturated/α-hetero) is 1. The number of carbonyl (C=O) groups excluding carboxylic acids is 2. The molecule has 1 aromatic heterocycles. The van der Waals surface area contributed by atoms with E-state index in [1.807, 2.05) is 0 Å². The van der Waals surface area contributed by atoms with Crippen molar-refractivity contribution in [2.45, 2.75) is 6.04 Å². The van der Waals surface area contributed by atoms with Gasteiger partial charge in [0.05, 0.1) is 18.7 Å². The minimum Gasteiger partial charge on any atom is -0.504 e. The lowest BCUT2D eigenvalue weighted by molar-refractivity contribution is -0.117. The van der Waals surface area contributed by atoms with E-state index in [4.69, 9.17) is 20.8 Å². The molecule has 0 spiro atoms. The van der Waals surface area contributed by atoms with Crippen LogP contribution in [-0.2, 0) is 4.79 Å². The molecule has 2 heterocycles. The Morgan fingerprint density at radius 3 is 2.50 bits per heavy atom. The summed E-state index contributed by atoms with van der Waals surface area (Å²) in [6, 6.07) is 11.7. The zero-order valence-electron chi connectivity index (χ0n) is 18.5. The fourth-order valence-corrected chi connectivity index (χ4v) is 4.37. The van der Waals surface area contributed by atoms with Gasteiger partial charge in [-0.2, -0.15) is 0 Å². The SMILES string of the molecule is COc1ccc(C2C(C(=O)c3cc4cc(Cl)ccc4o3)=C(O)C(=O)N2c2ccc(F)c(F)c2)cc1O. The third-order valence-electron chi connectivity index (χ3n) is 5.85. The van der Waals surface area contributed by atoms with Crippen LogP contribution in [0.25, 0.3) is 11.0 Å². The number of anilines is 1. The number of fused-ring (bicyclic) bond motifs is 1. The summed E-state index contributed by atoms with van der Waals surface area (Å²) in [5.74, 6) is -5.48. The van der Waals surface area contributed by atoms with E-state index in [0.717, 1.165) is 23.1 Å². The summed E-state index contributed by atoms with van der Waals surface area (Å²) >= 11 is 6.01. The number of methoxy groups -OCH3 is 1. The standard InChI is InChI=1S/C26H16ClF2NO6/c1-35-20-6-2-12(9-18(20)31)23-22(24(32)21-10-13-8-14(27)3-7-19(13)36-21)25(33)26(34)30(23)15-4-5-16(28)17(29)11-15/h2-11,23,31,33H,1H3. The van der Waals surface area contributed by atoms with E-state index in [9.17, 15) is 28.6 Å². The summed E-state index contributed by atoms with van der Waals surface area (Å²) in [6.07, 6.45) is 0. The zero-order valence-corrected chi connectivity index (χ0v) is 19.2. The Morgan fingerprint density at radius 2 is 1.81 bits per heavy atom. The second kappa shape index (κ2) is 8.69. The third kappa shape index (κ3) is 3.74. The molecule has 0 saturated heterocycles. The number of aliphatic hydroxyl groups is 1. The molecule has 36 heavy (non-hydrogen) atoms. The first-order chi connectivity index (χ1) is 17.2. The van der Waals surface area contributed by atoms with Crippen LogP contribution in [0, 0.1) is 11.6 Å². The Hall–Kier alpha value is -4.37. The molecule has 1 aliphatic rings. The molecule has 0 aliphatic carbocycles. The summed E-state index contributed by atoms with van der Waals surface area (Å²) < 4.78 is 38.4. The van der Waals surface area contributed by atoms with Crippen LogP contribution in [-0.4, -0.2) is 29.0 Å². The van der Waals surface area contributed by atoms with Crippen LogP contribution in [0.2, 0.25) is 5.02 Å². The van der Waals surface area contributed by atoms with Gasteiger partial charge in [-0.25, -0.2) is 8.78 Å². The molecular formula is C26H16ClF2NO6. The summed E-state index contributed by atoms with van der Waals surface area (Å²) in [7, 11) is 1.34. The van der Waals surface area contributed by atoms with Gasteiger partial charge in [0, 0.05) is 22.2 Å². The van der Waals surface area contributed by atoms with Crippen molar-refractivity contribution in [1.29, 1.82) is 0 Å². The Balaban J connectivity index is 1.68. The number of aliphatic hydroxyl groups excluding tert-OH is 1. The Bertz CT molecular complexity index is 1590. The first-order valence-corrected chi connectivity index (χ1v) is 10.9. The van der Waals surface area contributed by atoms with Crippen molar-refractivity contribution in [3.05, 3.63) is 100.0 Å². The molecule has 7 nitrogen and oxygen atoms in total. The molecule has 4 aromatic rings. The van der Waals surface area contributed by atoms with Gasteiger partial charge in [-0.05, 0) is 54.1 Å². The summed E-state index contributed by atoms with van der Waals surface area (Å²) in [4.78, 5) is 27.7. The molecule has 1 aliphatic heterocycles. The summed E-state index contributed by atoms with van der Waals surface area (Å²) in [5, 5.41) is 22.1. The third-order valence-corrected chi connectivity index (χ3v) is 6.09. The highest BCUT2D eigenvalue weighted by molar-refractivity contribution is 6.31. The number of nitrogens with zero attached hydrogens (tertiary/aromatic N) is 1. The lowest BCUT2D eigenvalue weighted by Gasteiger charge is -2.27. The van der Waals surface area contributed by atoms with Crippen LogP contribution in [0.4, 0.5) is 14.5 Å². The van der Waals surface area contributed by atoms with Crippen LogP contribution in [0.15, 0.2) is 76.4 Å². The van der Waals surface area contributed by atoms with E-state index in [2.05, 4.69) is 0 Å². The van der Waals surface area contributed by atoms with Crippen molar-refractivity contribution in [1.82, 2.24) is 0 Å². The van der Waals surface area contributed by atoms with E-state index in [-0.39, 0.29) is 34.1 Å². The number of carbonyl (C=O) groups is 2. The van der Waals surface area contributed by atoms with Crippen LogP contribution < -0.4 is 9.64 Å². The van der Waals surface area contributed by atoms with Gasteiger partial charge in [0.25, 0.3) is 5.91 Å². The van der Waals surface area contributed by atoms with Crippen LogP contribution in [0.1, 0.15) is 22.2 Å². The topological polar surface area (TPSA) is 100 Å². The molecule has 10 heteroatoms. The lowest BCUT2D eigenvalue weighted by atomic mass is 9.94. The van der Waals surface area contributed by atoms with Crippen molar-refractivity contribution in [2.75, 3.05) is 12.0 Å². The first-order valence-electron chi connectivity index (χ1n) is 10.5. The smallest absolute Gasteiger partial charge is 0.294 e. The number of furan rings is 1. The van der Waals surface area contributed by atoms with Crippen LogP contribution >= 0.6 is 11.6 Å². The zero-order chi connectivity index (χ0) is 25.7. The molecule has 5 rings (SSSR count). The summed E-state index contributed by atoms with van der Waals surface area (Å²) in [5.41, 5.74) is 0.0469. The van der Waals surface area contributed by atoms with Crippen LogP contribution in [0.5, 0.6) is 11.5 Å². The van der Waals surface area contributed by atoms with Gasteiger partial charge in [0.15, 0.2) is 34.7 Å². The molecular weight excluding hydrogens is 496 g/mol. The summed E-state index contributed by atoms with van der Waals surface area (Å²) in [6.45, 7) is 0. The molecule has 2 N–H and O–H groups in total. The molecule has 3 aromatic carbocycles. The molecule has 1 atom stereocenters. The first kappa shape index (κ1) is 23.4. The number of aromatic hydroxyl groups is 1. The number of phenols is 1. The second-order valence-electron chi connectivity index (χ2n) is 7.99. The number of benzene rings is 3. The maximum atomic E-state index is 14.1. The monoisotopic (exact) mass is 511 g/mol.